The van der Waals surface area contributed by atoms with E-state index in [4.69, 9.17) is 26.4 Å². The van der Waals surface area contributed by atoms with E-state index in [1.54, 1.807) is 0 Å². The summed E-state index contributed by atoms with van der Waals surface area (Å²) in [5, 5.41) is 6.59. The van der Waals surface area contributed by atoms with Crippen LogP contribution in [0.3, 0.4) is 0 Å². The van der Waals surface area contributed by atoms with E-state index >= 15 is 0 Å². The third kappa shape index (κ3) is 3.31. The Bertz CT molecular complexity index is 715. The van der Waals surface area contributed by atoms with Gasteiger partial charge in [0.25, 0.3) is 0 Å². The SMILES string of the molecule is CC1=C(C(=O)OC(C)C)C(c2ccc3c(c2)OCCO3)NC(=S)N1. The maximum atomic E-state index is 12.5. The molecule has 1 atom stereocenters. The Morgan fingerprint density at radius 1 is 1.29 bits per heavy atom. The van der Waals surface area contributed by atoms with Crippen LogP contribution in [0.4, 0.5) is 0 Å². The summed E-state index contributed by atoms with van der Waals surface area (Å²) < 4.78 is 16.6. The van der Waals surface area contributed by atoms with Gasteiger partial charge in [-0.1, -0.05) is 6.07 Å². The smallest absolute Gasteiger partial charge is 0.338 e. The summed E-state index contributed by atoms with van der Waals surface area (Å²) in [5.41, 5.74) is 2.05. The van der Waals surface area contributed by atoms with Crippen molar-refractivity contribution in [2.75, 3.05) is 13.2 Å². The number of ether oxygens (including phenoxy) is 3. The largest absolute Gasteiger partial charge is 0.486 e. The third-order valence-corrected chi connectivity index (χ3v) is 3.95. The number of thiocarbonyl (C=S) groups is 1. The van der Waals surface area contributed by atoms with E-state index in [2.05, 4.69) is 10.6 Å². The van der Waals surface area contributed by atoms with Crippen LogP contribution in [0.5, 0.6) is 11.5 Å². The molecule has 1 aromatic rings. The second kappa shape index (κ2) is 6.68. The van der Waals surface area contributed by atoms with E-state index < -0.39 is 6.04 Å². The number of carbonyl (C=O) groups excluding carboxylic acids is 1. The zero-order valence-electron chi connectivity index (χ0n) is 13.8. The summed E-state index contributed by atoms with van der Waals surface area (Å²) in [4.78, 5) is 12.5. The van der Waals surface area contributed by atoms with Crippen molar-refractivity contribution in [1.29, 1.82) is 0 Å². The molecule has 128 valence electrons. The molecule has 0 spiro atoms. The van der Waals surface area contributed by atoms with Gasteiger partial charge >= 0.3 is 5.97 Å². The van der Waals surface area contributed by atoms with E-state index in [9.17, 15) is 4.79 Å². The highest BCUT2D eigenvalue weighted by Crippen LogP contribution is 2.36. The quantitative estimate of drug-likeness (QED) is 0.641. The Balaban J connectivity index is 1.98. The highest BCUT2D eigenvalue weighted by Gasteiger charge is 2.32. The number of carbonyl (C=O) groups is 1. The molecule has 0 amide bonds. The molecule has 2 aliphatic heterocycles. The number of nitrogens with one attached hydrogen (secondary N) is 2. The van der Waals surface area contributed by atoms with Crippen molar-refractivity contribution in [3.05, 3.63) is 35.0 Å². The van der Waals surface area contributed by atoms with Gasteiger partial charge < -0.3 is 24.8 Å². The first kappa shape index (κ1) is 16.6. The molecule has 0 saturated carbocycles. The van der Waals surface area contributed by atoms with Gasteiger partial charge in [-0.15, -0.1) is 0 Å². The minimum absolute atomic E-state index is 0.201. The monoisotopic (exact) mass is 348 g/mol. The standard InChI is InChI=1S/C17H20N2O4S/c1-9(2)23-16(20)14-10(3)18-17(24)19-15(14)11-4-5-12-13(8-11)22-7-6-21-12/h4-5,8-9,15H,6-7H2,1-3H3,(H2,18,19,24). The van der Waals surface area contributed by atoms with E-state index in [1.165, 1.54) is 0 Å². The minimum atomic E-state index is -0.402. The van der Waals surface area contributed by atoms with Crippen LogP contribution in [0.15, 0.2) is 29.5 Å². The average molecular weight is 348 g/mol. The number of benzene rings is 1. The fourth-order valence-corrected chi connectivity index (χ4v) is 3.00. The number of fused-ring (bicyclic) bond motifs is 1. The summed E-state index contributed by atoms with van der Waals surface area (Å²) in [6.45, 7) is 6.50. The normalized spacial score (nSPS) is 19.7. The van der Waals surface area contributed by atoms with Crippen LogP contribution < -0.4 is 20.1 Å². The molecule has 3 rings (SSSR count). The minimum Gasteiger partial charge on any atom is -0.486 e. The van der Waals surface area contributed by atoms with Crippen LogP contribution in [0.25, 0.3) is 0 Å². The molecule has 0 aliphatic carbocycles. The maximum absolute atomic E-state index is 12.5. The van der Waals surface area contributed by atoms with Crippen molar-refractivity contribution >= 4 is 23.3 Å². The van der Waals surface area contributed by atoms with Crippen LogP contribution in [-0.4, -0.2) is 30.4 Å². The Labute approximate surface area is 146 Å². The number of rotatable bonds is 3. The lowest BCUT2D eigenvalue weighted by molar-refractivity contribution is -0.143. The molecule has 2 heterocycles. The van der Waals surface area contributed by atoms with Crippen molar-refractivity contribution in [2.24, 2.45) is 0 Å². The second-order valence-electron chi connectivity index (χ2n) is 5.93. The van der Waals surface area contributed by atoms with Crippen molar-refractivity contribution in [3.8, 4) is 11.5 Å². The first-order chi connectivity index (χ1) is 11.5. The van der Waals surface area contributed by atoms with Gasteiger partial charge in [-0.05, 0) is 50.7 Å². The summed E-state index contributed by atoms with van der Waals surface area (Å²) in [5.74, 6) is 0.998. The van der Waals surface area contributed by atoms with Crippen molar-refractivity contribution < 1.29 is 19.0 Å². The maximum Gasteiger partial charge on any atom is 0.338 e. The van der Waals surface area contributed by atoms with Gasteiger partial charge in [0.15, 0.2) is 16.6 Å². The Morgan fingerprint density at radius 2 is 2.00 bits per heavy atom. The highest BCUT2D eigenvalue weighted by molar-refractivity contribution is 7.80. The highest BCUT2D eigenvalue weighted by atomic mass is 32.1. The van der Waals surface area contributed by atoms with Gasteiger partial charge in [-0.25, -0.2) is 4.79 Å². The van der Waals surface area contributed by atoms with Gasteiger partial charge in [0, 0.05) is 5.70 Å². The van der Waals surface area contributed by atoms with E-state index in [-0.39, 0.29) is 12.1 Å². The van der Waals surface area contributed by atoms with E-state index in [0.29, 0.717) is 41.1 Å². The Kier molecular flexibility index (Phi) is 4.62. The second-order valence-corrected chi connectivity index (χ2v) is 6.34. The topological polar surface area (TPSA) is 68.8 Å². The lowest BCUT2D eigenvalue weighted by Gasteiger charge is -2.31. The molecule has 1 aromatic carbocycles. The lowest BCUT2D eigenvalue weighted by Crippen LogP contribution is -2.45. The van der Waals surface area contributed by atoms with Gasteiger partial charge in [0.1, 0.15) is 13.2 Å². The number of allylic oxidation sites excluding steroid dienone is 1. The first-order valence-corrected chi connectivity index (χ1v) is 8.25. The number of hydrogen-bond donors (Lipinski definition) is 2. The predicted molar refractivity (Wildman–Crippen MR) is 93.0 cm³/mol. The van der Waals surface area contributed by atoms with Gasteiger partial charge in [0.2, 0.25) is 0 Å². The van der Waals surface area contributed by atoms with Gasteiger partial charge in [-0.3, -0.25) is 0 Å². The average Bonchev–Trinajstić information content (AvgIpc) is 2.52. The van der Waals surface area contributed by atoms with Gasteiger partial charge in [0.05, 0.1) is 17.7 Å². The van der Waals surface area contributed by atoms with Crippen molar-refractivity contribution in [2.45, 2.75) is 32.9 Å². The fourth-order valence-electron chi connectivity index (χ4n) is 2.73. The third-order valence-electron chi connectivity index (χ3n) is 3.73. The zero-order chi connectivity index (χ0) is 17.3. The van der Waals surface area contributed by atoms with Crippen molar-refractivity contribution in [3.63, 3.8) is 0 Å². The van der Waals surface area contributed by atoms with E-state index in [0.717, 1.165) is 5.56 Å². The predicted octanol–water partition coefficient (Wildman–Crippen LogP) is 2.20. The van der Waals surface area contributed by atoms with Crippen molar-refractivity contribution in [1.82, 2.24) is 10.6 Å². The molecule has 1 unspecified atom stereocenters. The molecule has 6 nitrogen and oxygen atoms in total. The zero-order valence-corrected chi connectivity index (χ0v) is 14.7. The molecular formula is C17H20N2O4S. The summed E-state index contributed by atoms with van der Waals surface area (Å²) in [6.07, 6.45) is -0.201. The lowest BCUT2D eigenvalue weighted by atomic mass is 9.95. The summed E-state index contributed by atoms with van der Waals surface area (Å²) >= 11 is 5.24. The molecule has 24 heavy (non-hydrogen) atoms. The molecule has 0 radical (unpaired) electrons. The number of esters is 1. The molecule has 7 heteroatoms. The van der Waals surface area contributed by atoms with Crippen LogP contribution in [0, 0.1) is 0 Å². The fraction of sp³-hybridized carbons (Fsp3) is 0.412. The molecule has 2 aliphatic rings. The molecule has 0 saturated heterocycles. The first-order valence-electron chi connectivity index (χ1n) is 7.84. The van der Waals surface area contributed by atoms with Gasteiger partial charge in [-0.2, -0.15) is 0 Å². The van der Waals surface area contributed by atoms with Crippen LogP contribution >= 0.6 is 12.2 Å². The number of hydrogen-bond acceptors (Lipinski definition) is 5. The Morgan fingerprint density at radius 3 is 2.71 bits per heavy atom. The summed E-state index contributed by atoms with van der Waals surface area (Å²) in [6, 6.07) is 5.21. The molecular weight excluding hydrogens is 328 g/mol. The van der Waals surface area contributed by atoms with Crippen LogP contribution in [0.1, 0.15) is 32.4 Å². The molecule has 2 N–H and O–H groups in total. The summed E-state index contributed by atoms with van der Waals surface area (Å²) in [7, 11) is 0. The molecule has 0 aromatic heterocycles. The van der Waals surface area contributed by atoms with Crippen LogP contribution in [-0.2, 0) is 9.53 Å². The molecule has 0 fully saturated rings. The Hall–Kier alpha value is -2.28. The molecule has 0 bridgehead atoms. The van der Waals surface area contributed by atoms with Crippen LogP contribution in [0.2, 0.25) is 0 Å². The van der Waals surface area contributed by atoms with E-state index in [1.807, 2.05) is 39.0 Å².